The minimum Gasteiger partial charge on any atom is -0.504 e. The third-order valence-corrected chi connectivity index (χ3v) is 3.86. The predicted octanol–water partition coefficient (Wildman–Crippen LogP) is 2.43. The quantitative estimate of drug-likeness (QED) is 0.645. The molecule has 0 aliphatic rings. The van der Waals surface area contributed by atoms with Crippen molar-refractivity contribution in [1.82, 2.24) is 15.1 Å². The number of nitrogens with one attached hydrogen (secondary N) is 1. The smallest absolute Gasteiger partial charge is 0.276 e. The lowest BCUT2D eigenvalue weighted by Crippen LogP contribution is -2.29. The van der Waals surface area contributed by atoms with Crippen LogP contribution in [-0.4, -0.2) is 32.5 Å². The largest absolute Gasteiger partial charge is 0.504 e. The number of amides is 1. The number of carbonyl (C=O) groups is 1. The van der Waals surface area contributed by atoms with Gasteiger partial charge in [-0.1, -0.05) is 48.5 Å². The van der Waals surface area contributed by atoms with Crippen molar-refractivity contribution in [1.29, 1.82) is 0 Å². The van der Waals surface area contributed by atoms with Gasteiger partial charge in [0.25, 0.3) is 5.91 Å². The average molecular weight is 337 g/mol. The van der Waals surface area contributed by atoms with Gasteiger partial charge in [-0.3, -0.25) is 4.79 Å². The van der Waals surface area contributed by atoms with Crippen LogP contribution < -0.4 is 5.32 Å². The molecule has 0 saturated heterocycles. The highest BCUT2D eigenvalue weighted by Crippen LogP contribution is 2.21. The van der Waals surface area contributed by atoms with E-state index in [1.165, 1.54) is 10.9 Å². The van der Waals surface area contributed by atoms with Crippen molar-refractivity contribution >= 4 is 5.91 Å². The van der Waals surface area contributed by atoms with E-state index in [4.69, 9.17) is 0 Å². The lowest BCUT2D eigenvalue weighted by atomic mass is 10.0. The monoisotopic (exact) mass is 337 g/mol. The molecule has 2 aromatic carbocycles. The van der Waals surface area contributed by atoms with Gasteiger partial charge >= 0.3 is 0 Å². The molecule has 6 heteroatoms. The number of hydrogen-bond acceptors (Lipinski definition) is 4. The SMILES string of the molecule is O=C(NC(CCO)c1ccccc1)c1nn(-c2ccccc2)cc1O. The fourth-order valence-electron chi connectivity index (χ4n) is 2.60. The Morgan fingerprint density at radius 3 is 2.36 bits per heavy atom. The summed E-state index contributed by atoms with van der Waals surface area (Å²) in [5, 5.41) is 26.4. The van der Waals surface area contributed by atoms with Crippen LogP contribution in [0, 0.1) is 0 Å². The molecule has 0 aliphatic carbocycles. The Bertz CT molecular complexity index is 832. The van der Waals surface area contributed by atoms with Gasteiger partial charge in [0.2, 0.25) is 0 Å². The summed E-state index contributed by atoms with van der Waals surface area (Å²) in [5.41, 5.74) is 1.57. The maximum Gasteiger partial charge on any atom is 0.276 e. The van der Waals surface area contributed by atoms with E-state index in [1.807, 2.05) is 60.7 Å². The average Bonchev–Trinajstić information content (AvgIpc) is 3.05. The van der Waals surface area contributed by atoms with Crippen LogP contribution in [-0.2, 0) is 0 Å². The molecular weight excluding hydrogens is 318 g/mol. The lowest BCUT2D eigenvalue weighted by Gasteiger charge is -2.17. The topological polar surface area (TPSA) is 87.4 Å². The van der Waals surface area contributed by atoms with Crippen LogP contribution in [0.3, 0.4) is 0 Å². The Hall–Kier alpha value is -3.12. The number of hydrogen-bond donors (Lipinski definition) is 3. The highest BCUT2D eigenvalue weighted by Gasteiger charge is 2.21. The summed E-state index contributed by atoms with van der Waals surface area (Å²) < 4.78 is 1.45. The summed E-state index contributed by atoms with van der Waals surface area (Å²) in [6, 6.07) is 18.2. The van der Waals surface area contributed by atoms with E-state index in [1.54, 1.807) is 0 Å². The second kappa shape index (κ2) is 7.63. The number of benzene rings is 2. The van der Waals surface area contributed by atoms with Gasteiger partial charge in [-0.05, 0) is 24.1 Å². The number of aromatic nitrogens is 2. The normalized spacial score (nSPS) is 11.9. The van der Waals surface area contributed by atoms with Gasteiger partial charge in [-0.15, -0.1) is 0 Å². The fourth-order valence-corrected chi connectivity index (χ4v) is 2.60. The van der Waals surface area contributed by atoms with E-state index >= 15 is 0 Å². The Kier molecular flexibility index (Phi) is 5.11. The fraction of sp³-hybridized carbons (Fsp3) is 0.158. The standard InChI is InChI=1S/C19H19N3O3/c23-12-11-16(14-7-3-1-4-8-14)20-19(25)18-17(24)13-22(21-18)15-9-5-2-6-10-15/h1-10,13,16,23-24H,11-12H2,(H,20,25). The molecule has 1 atom stereocenters. The zero-order valence-electron chi connectivity index (χ0n) is 13.5. The molecule has 1 heterocycles. The Morgan fingerprint density at radius 2 is 1.72 bits per heavy atom. The highest BCUT2D eigenvalue weighted by atomic mass is 16.3. The first-order valence-corrected chi connectivity index (χ1v) is 8.00. The molecule has 0 bridgehead atoms. The molecule has 1 amide bonds. The number of nitrogens with zero attached hydrogens (tertiary/aromatic N) is 2. The van der Waals surface area contributed by atoms with Crippen molar-refractivity contribution in [3.8, 4) is 11.4 Å². The molecule has 3 rings (SSSR count). The summed E-state index contributed by atoms with van der Waals surface area (Å²) in [6.07, 6.45) is 1.77. The van der Waals surface area contributed by atoms with Crippen molar-refractivity contribution < 1.29 is 15.0 Å². The summed E-state index contributed by atoms with van der Waals surface area (Å²) in [7, 11) is 0. The number of aromatic hydroxyl groups is 1. The summed E-state index contributed by atoms with van der Waals surface area (Å²) in [6.45, 7) is -0.0652. The number of rotatable bonds is 6. The van der Waals surface area contributed by atoms with Crippen LogP contribution in [0.5, 0.6) is 5.75 Å². The highest BCUT2D eigenvalue weighted by molar-refractivity contribution is 5.95. The van der Waals surface area contributed by atoms with Crippen molar-refractivity contribution in [3.63, 3.8) is 0 Å². The van der Waals surface area contributed by atoms with E-state index in [0.717, 1.165) is 11.3 Å². The van der Waals surface area contributed by atoms with Crippen LogP contribution in [0.1, 0.15) is 28.5 Å². The lowest BCUT2D eigenvalue weighted by molar-refractivity contribution is 0.0922. The molecule has 0 fully saturated rings. The van der Waals surface area contributed by atoms with Crippen molar-refractivity contribution in [3.05, 3.63) is 78.1 Å². The summed E-state index contributed by atoms with van der Waals surface area (Å²) in [4.78, 5) is 12.5. The van der Waals surface area contributed by atoms with Gasteiger partial charge in [0.1, 0.15) is 0 Å². The molecule has 1 aromatic heterocycles. The van der Waals surface area contributed by atoms with Crippen molar-refractivity contribution in [2.45, 2.75) is 12.5 Å². The molecule has 25 heavy (non-hydrogen) atoms. The number of carbonyl (C=O) groups excluding carboxylic acids is 1. The molecule has 0 saturated carbocycles. The molecule has 3 aromatic rings. The Morgan fingerprint density at radius 1 is 1.08 bits per heavy atom. The van der Waals surface area contributed by atoms with Gasteiger partial charge < -0.3 is 15.5 Å². The molecule has 128 valence electrons. The van der Waals surface area contributed by atoms with E-state index in [2.05, 4.69) is 10.4 Å². The third kappa shape index (κ3) is 3.87. The van der Waals surface area contributed by atoms with Gasteiger partial charge in [0.05, 0.1) is 17.9 Å². The van der Waals surface area contributed by atoms with Gasteiger partial charge in [0, 0.05) is 6.61 Å². The van der Waals surface area contributed by atoms with Gasteiger partial charge in [0.15, 0.2) is 11.4 Å². The molecule has 6 nitrogen and oxygen atoms in total. The number of para-hydroxylation sites is 1. The number of aliphatic hydroxyl groups is 1. The van der Waals surface area contributed by atoms with E-state index < -0.39 is 5.91 Å². The maximum absolute atomic E-state index is 12.5. The molecule has 1 unspecified atom stereocenters. The summed E-state index contributed by atoms with van der Waals surface area (Å²) >= 11 is 0. The van der Waals surface area contributed by atoms with E-state index in [0.29, 0.717) is 6.42 Å². The van der Waals surface area contributed by atoms with Crippen LogP contribution in [0.15, 0.2) is 66.9 Å². The van der Waals surface area contributed by atoms with Crippen LogP contribution >= 0.6 is 0 Å². The third-order valence-electron chi connectivity index (χ3n) is 3.86. The molecule has 0 spiro atoms. The van der Waals surface area contributed by atoms with Crippen LogP contribution in [0.4, 0.5) is 0 Å². The van der Waals surface area contributed by atoms with E-state index in [-0.39, 0.29) is 24.1 Å². The number of aliphatic hydroxyl groups excluding tert-OH is 1. The minimum absolute atomic E-state index is 0.0530. The molecule has 0 aliphatic heterocycles. The first-order valence-electron chi connectivity index (χ1n) is 8.00. The maximum atomic E-state index is 12.5. The van der Waals surface area contributed by atoms with Crippen LogP contribution in [0.2, 0.25) is 0 Å². The molecular formula is C19H19N3O3. The zero-order valence-corrected chi connectivity index (χ0v) is 13.5. The van der Waals surface area contributed by atoms with E-state index in [9.17, 15) is 15.0 Å². The predicted molar refractivity (Wildman–Crippen MR) is 93.6 cm³/mol. The Labute approximate surface area is 145 Å². The molecule has 0 radical (unpaired) electrons. The van der Waals surface area contributed by atoms with Gasteiger partial charge in [-0.2, -0.15) is 5.10 Å². The summed E-state index contributed by atoms with van der Waals surface area (Å²) in [5.74, 6) is -0.688. The first-order chi connectivity index (χ1) is 12.2. The molecule has 3 N–H and O–H groups in total. The van der Waals surface area contributed by atoms with Crippen molar-refractivity contribution in [2.75, 3.05) is 6.61 Å². The first kappa shape index (κ1) is 16.7. The van der Waals surface area contributed by atoms with Crippen molar-refractivity contribution in [2.24, 2.45) is 0 Å². The second-order valence-electron chi connectivity index (χ2n) is 5.59. The minimum atomic E-state index is -0.491. The second-order valence-corrected chi connectivity index (χ2v) is 5.59. The zero-order chi connectivity index (χ0) is 17.6. The van der Waals surface area contributed by atoms with Gasteiger partial charge in [-0.25, -0.2) is 4.68 Å². The van der Waals surface area contributed by atoms with Crippen LogP contribution in [0.25, 0.3) is 5.69 Å². The Balaban J connectivity index is 1.82.